The monoisotopic (exact) mass is 242 g/mol. The van der Waals surface area contributed by atoms with E-state index in [1.54, 1.807) is 0 Å². The minimum Gasteiger partial charge on any atom is -0.468 e. The highest BCUT2D eigenvalue weighted by Crippen LogP contribution is 2.13. The molecule has 1 heterocycles. The molecule has 0 aromatic heterocycles. The minimum absolute atomic E-state index is 0.214. The molecule has 0 bridgehead atoms. The second kappa shape index (κ2) is 6.59. The molecule has 1 fully saturated rings. The number of nitrogens with one attached hydrogen (secondary N) is 1. The van der Waals surface area contributed by atoms with Crippen molar-refractivity contribution in [3.63, 3.8) is 0 Å². The topological polar surface area (TPSA) is 58.6 Å². The molecule has 2 unspecified atom stereocenters. The average molecular weight is 242 g/mol. The van der Waals surface area contributed by atoms with E-state index in [1.165, 1.54) is 7.11 Å². The third kappa shape index (κ3) is 4.00. The summed E-state index contributed by atoms with van der Waals surface area (Å²) < 4.78 is 4.61. The lowest BCUT2D eigenvalue weighted by Crippen LogP contribution is -2.38. The summed E-state index contributed by atoms with van der Waals surface area (Å²) >= 11 is 0. The van der Waals surface area contributed by atoms with Gasteiger partial charge in [-0.25, -0.2) is 0 Å². The molecule has 1 saturated heterocycles. The van der Waals surface area contributed by atoms with Gasteiger partial charge < -0.3 is 15.0 Å². The van der Waals surface area contributed by atoms with Crippen molar-refractivity contribution in [3.05, 3.63) is 0 Å². The zero-order valence-corrected chi connectivity index (χ0v) is 10.9. The van der Waals surface area contributed by atoms with Crippen molar-refractivity contribution in [1.29, 1.82) is 0 Å². The molecule has 1 aliphatic rings. The van der Waals surface area contributed by atoms with E-state index in [0.717, 1.165) is 19.5 Å². The first kappa shape index (κ1) is 14.0. The highest BCUT2D eigenvalue weighted by Gasteiger charge is 2.27. The highest BCUT2D eigenvalue weighted by atomic mass is 16.5. The molecule has 1 N–H and O–H groups in total. The molecule has 1 amide bonds. The van der Waals surface area contributed by atoms with Gasteiger partial charge in [0.15, 0.2) is 0 Å². The number of carbonyl (C=O) groups excluding carboxylic acids is 2. The number of rotatable bonds is 5. The lowest BCUT2D eigenvalue weighted by Gasteiger charge is -2.15. The van der Waals surface area contributed by atoms with E-state index in [0.29, 0.717) is 18.9 Å². The molecule has 5 heteroatoms. The maximum absolute atomic E-state index is 11.8. The van der Waals surface area contributed by atoms with Crippen molar-refractivity contribution in [3.8, 4) is 0 Å². The third-order valence-electron chi connectivity index (χ3n) is 3.26. The number of hydrogen-bond acceptors (Lipinski definition) is 4. The van der Waals surface area contributed by atoms with Gasteiger partial charge in [0, 0.05) is 13.1 Å². The Balaban J connectivity index is 2.35. The van der Waals surface area contributed by atoms with Crippen LogP contribution >= 0.6 is 0 Å². The lowest BCUT2D eigenvalue weighted by molar-refractivity contribution is -0.150. The van der Waals surface area contributed by atoms with Crippen molar-refractivity contribution in [2.24, 2.45) is 11.8 Å². The van der Waals surface area contributed by atoms with Crippen LogP contribution in [0.3, 0.4) is 0 Å². The Morgan fingerprint density at radius 1 is 1.53 bits per heavy atom. The maximum Gasteiger partial charge on any atom is 0.318 e. The fourth-order valence-corrected chi connectivity index (χ4v) is 2.16. The fraction of sp³-hybridized carbons (Fsp3) is 0.833. The summed E-state index contributed by atoms with van der Waals surface area (Å²) in [5, 5.41) is 2.84. The van der Waals surface area contributed by atoms with Crippen LogP contribution in [-0.4, -0.2) is 50.6 Å². The summed E-state index contributed by atoms with van der Waals surface area (Å²) in [5.74, 6) is -0.833. The van der Waals surface area contributed by atoms with Gasteiger partial charge >= 0.3 is 5.97 Å². The number of methoxy groups -OCH3 is 1. The van der Waals surface area contributed by atoms with Crippen LogP contribution in [0.25, 0.3) is 0 Å². The van der Waals surface area contributed by atoms with E-state index < -0.39 is 11.9 Å². The molecule has 5 nitrogen and oxygen atoms in total. The normalized spacial score (nSPS) is 22.2. The summed E-state index contributed by atoms with van der Waals surface area (Å²) in [6.07, 6.45) is 1.58. The van der Waals surface area contributed by atoms with E-state index in [1.807, 2.05) is 6.92 Å². The van der Waals surface area contributed by atoms with E-state index in [-0.39, 0.29) is 5.91 Å². The van der Waals surface area contributed by atoms with Crippen LogP contribution in [0.4, 0.5) is 0 Å². The fourth-order valence-electron chi connectivity index (χ4n) is 2.16. The van der Waals surface area contributed by atoms with Crippen molar-refractivity contribution < 1.29 is 14.3 Å². The Morgan fingerprint density at radius 2 is 2.24 bits per heavy atom. The molecule has 17 heavy (non-hydrogen) atoms. The standard InChI is InChI=1S/C12H22N2O3/c1-4-10(12(16)17-3)11(15)13-7-9-5-6-14(2)8-9/h9-10H,4-8H2,1-3H3,(H,13,15). The first-order valence-electron chi connectivity index (χ1n) is 6.12. The van der Waals surface area contributed by atoms with Crippen molar-refractivity contribution in [1.82, 2.24) is 10.2 Å². The van der Waals surface area contributed by atoms with Gasteiger partial charge in [0.25, 0.3) is 0 Å². The minimum atomic E-state index is -0.667. The number of hydrogen-bond donors (Lipinski definition) is 1. The molecule has 0 radical (unpaired) electrons. The van der Waals surface area contributed by atoms with Crippen LogP contribution in [0.5, 0.6) is 0 Å². The van der Waals surface area contributed by atoms with E-state index in [9.17, 15) is 9.59 Å². The number of nitrogens with zero attached hydrogens (tertiary/aromatic N) is 1. The zero-order chi connectivity index (χ0) is 12.8. The Hall–Kier alpha value is -1.10. The molecular formula is C12H22N2O3. The van der Waals surface area contributed by atoms with Gasteiger partial charge in [0.1, 0.15) is 5.92 Å². The SMILES string of the molecule is CCC(C(=O)NCC1CCN(C)C1)C(=O)OC. The number of ether oxygens (including phenoxy) is 1. The van der Waals surface area contributed by atoms with Crippen LogP contribution in [0.15, 0.2) is 0 Å². The second-order valence-electron chi connectivity index (χ2n) is 4.65. The lowest BCUT2D eigenvalue weighted by atomic mass is 10.0. The molecule has 0 spiro atoms. The van der Waals surface area contributed by atoms with Gasteiger partial charge in [0.2, 0.25) is 5.91 Å². The number of carbonyl (C=O) groups is 2. The summed E-state index contributed by atoms with van der Waals surface area (Å²) in [6.45, 7) is 4.55. The quantitative estimate of drug-likeness (QED) is 0.555. The van der Waals surface area contributed by atoms with E-state index in [4.69, 9.17) is 0 Å². The van der Waals surface area contributed by atoms with Crippen LogP contribution in [0, 0.1) is 11.8 Å². The molecular weight excluding hydrogens is 220 g/mol. The molecule has 1 aliphatic heterocycles. The van der Waals surface area contributed by atoms with Crippen LogP contribution in [-0.2, 0) is 14.3 Å². The molecule has 0 aromatic rings. The summed E-state index contributed by atoms with van der Waals surface area (Å²) in [7, 11) is 3.38. The van der Waals surface area contributed by atoms with Gasteiger partial charge in [-0.15, -0.1) is 0 Å². The predicted molar refractivity (Wildman–Crippen MR) is 64.4 cm³/mol. The van der Waals surface area contributed by atoms with Gasteiger partial charge in [-0.3, -0.25) is 9.59 Å². The summed E-state index contributed by atoms with van der Waals surface area (Å²) in [5.41, 5.74) is 0. The first-order chi connectivity index (χ1) is 8.08. The molecule has 98 valence electrons. The molecule has 1 rings (SSSR count). The molecule has 0 aromatic carbocycles. The number of likely N-dealkylation sites (tertiary alicyclic amines) is 1. The first-order valence-corrected chi connectivity index (χ1v) is 6.12. The zero-order valence-electron chi connectivity index (χ0n) is 10.9. The Bertz CT molecular complexity index is 281. The molecule has 2 atom stereocenters. The van der Waals surface area contributed by atoms with Crippen LogP contribution < -0.4 is 5.32 Å². The second-order valence-corrected chi connectivity index (χ2v) is 4.65. The van der Waals surface area contributed by atoms with Crippen molar-refractivity contribution >= 4 is 11.9 Å². The van der Waals surface area contributed by atoms with E-state index in [2.05, 4.69) is 22.0 Å². The Kier molecular flexibility index (Phi) is 5.41. The van der Waals surface area contributed by atoms with E-state index >= 15 is 0 Å². The van der Waals surface area contributed by atoms with Crippen molar-refractivity contribution in [2.75, 3.05) is 33.8 Å². The maximum atomic E-state index is 11.8. The van der Waals surface area contributed by atoms with Gasteiger partial charge in [-0.05, 0) is 32.4 Å². The number of amides is 1. The number of esters is 1. The molecule has 0 aliphatic carbocycles. The van der Waals surface area contributed by atoms with Gasteiger partial charge in [0.05, 0.1) is 7.11 Å². The van der Waals surface area contributed by atoms with Crippen LogP contribution in [0.2, 0.25) is 0 Å². The largest absolute Gasteiger partial charge is 0.468 e. The van der Waals surface area contributed by atoms with Crippen molar-refractivity contribution in [2.45, 2.75) is 19.8 Å². The summed E-state index contributed by atoms with van der Waals surface area (Å²) in [4.78, 5) is 25.4. The smallest absolute Gasteiger partial charge is 0.318 e. The summed E-state index contributed by atoms with van der Waals surface area (Å²) in [6, 6.07) is 0. The van der Waals surface area contributed by atoms with Gasteiger partial charge in [-0.2, -0.15) is 0 Å². The Labute approximate surface area is 102 Å². The van der Waals surface area contributed by atoms with Gasteiger partial charge in [-0.1, -0.05) is 6.92 Å². The predicted octanol–water partition coefficient (Wildman–Crippen LogP) is 0.254. The highest BCUT2D eigenvalue weighted by molar-refractivity contribution is 5.97. The molecule has 0 saturated carbocycles. The average Bonchev–Trinajstić information content (AvgIpc) is 2.73. The van der Waals surface area contributed by atoms with Crippen LogP contribution in [0.1, 0.15) is 19.8 Å². The third-order valence-corrected chi connectivity index (χ3v) is 3.26. The Morgan fingerprint density at radius 3 is 2.71 bits per heavy atom.